The van der Waals surface area contributed by atoms with Crippen LogP contribution in [0.2, 0.25) is 0 Å². The van der Waals surface area contributed by atoms with E-state index in [2.05, 4.69) is 27.3 Å². The van der Waals surface area contributed by atoms with Gasteiger partial charge in [0.2, 0.25) is 11.8 Å². The van der Waals surface area contributed by atoms with E-state index in [1.54, 1.807) is 0 Å². The smallest absolute Gasteiger partial charge is 0.277 e. The molecule has 1 heterocycles. The van der Waals surface area contributed by atoms with Gasteiger partial charge in [0.05, 0.1) is 11.8 Å². The molecular formula is C19H30N4O2S. The molecule has 1 aromatic heterocycles. The van der Waals surface area contributed by atoms with Crippen LogP contribution in [0.1, 0.15) is 63.8 Å². The Labute approximate surface area is 159 Å². The molecule has 4 bridgehead atoms. The molecule has 7 heteroatoms. The SMILES string of the molecule is CCC(c1nnc(SCC(=O)NC23CC4CC(CC(C4)C2)C3)o1)N(C)C. The van der Waals surface area contributed by atoms with Gasteiger partial charge in [-0.3, -0.25) is 9.69 Å². The molecule has 4 fully saturated rings. The van der Waals surface area contributed by atoms with Gasteiger partial charge < -0.3 is 9.73 Å². The van der Waals surface area contributed by atoms with Gasteiger partial charge in [0.1, 0.15) is 0 Å². The summed E-state index contributed by atoms with van der Waals surface area (Å²) in [5, 5.41) is 12.1. The maximum atomic E-state index is 12.6. The van der Waals surface area contributed by atoms with Crippen molar-refractivity contribution in [3.8, 4) is 0 Å². The number of hydrogen-bond acceptors (Lipinski definition) is 6. The van der Waals surface area contributed by atoms with E-state index in [-0.39, 0.29) is 17.5 Å². The summed E-state index contributed by atoms with van der Waals surface area (Å²) in [5.41, 5.74) is 0.0740. The van der Waals surface area contributed by atoms with Gasteiger partial charge in [-0.1, -0.05) is 18.7 Å². The summed E-state index contributed by atoms with van der Waals surface area (Å²) >= 11 is 1.35. The maximum Gasteiger partial charge on any atom is 0.277 e. The first kappa shape index (κ1) is 18.3. The number of aromatic nitrogens is 2. The second kappa shape index (κ2) is 7.15. The summed E-state index contributed by atoms with van der Waals surface area (Å²) in [7, 11) is 4.01. The highest BCUT2D eigenvalue weighted by molar-refractivity contribution is 7.99. The minimum atomic E-state index is 0.0740. The van der Waals surface area contributed by atoms with Crippen LogP contribution in [0.15, 0.2) is 9.64 Å². The van der Waals surface area contributed by atoms with Crippen LogP contribution in [0, 0.1) is 17.8 Å². The van der Waals surface area contributed by atoms with Crippen molar-refractivity contribution in [1.29, 1.82) is 0 Å². The quantitative estimate of drug-likeness (QED) is 0.734. The van der Waals surface area contributed by atoms with Crippen molar-refractivity contribution in [3.05, 3.63) is 5.89 Å². The van der Waals surface area contributed by atoms with E-state index in [4.69, 9.17) is 4.42 Å². The number of rotatable bonds is 7. The Balaban J connectivity index is 1.31. The molecule has 26 heavy (non-hydrogen) atoms. The Morgan fingerprint density at radius 2 is 1.85 bits per heavy atom. The predicted octanol–water partition coefficient (Wildman–Crippen LogP) is 3.26. The average molecular weight is 379 g/mol. The van der Waals surface area contributed by atoms with Gasteiger partial charge >= 0.3 is 0 Å². The van der Waals surface area contributed by atoms with Gasteiger partial charge in [-0.05, 0) is 76.8 Å². The Morgan fingerprint density at radius 3 is 2.38 bits per heavy atom. The summed E-state index contributed by atoms with van der Waals surface area (Å²) in [6, 6.07) is 0.123. The standard InChI is InChI=1S/C19H30N4O2S/c1-4-15(23(2)3)17-21-22-18(25-17)26-11-16(24)20-19-8-12-5-13(9-19)7-14(6-12)10-19/h12-15H,4-11H2,1-3H3,(H,20,24). The number of carbonyl (C=O) groups is 1. The number of thioether (sulfide) groups is 1. The lowest BCUT2D eigenvalue weighted by atomic mass is 9.53. The first-order valence-corrected chi connectivity index (χ1v) is 10.9. The van der Waals surface area contributed by atoms with Crippen molar-refractivity contribution in [2.75, 3.05) is 19.8 Å². The summed E-state index contributed by atoms with van der Waals surface area (Å²) in [6.45, 7) is 2.10. The summed E-state index contributed by atoms with van der Waals surface area (Å²) in [6.07, 6.45) is 8.62. The number of nitrogens with zero attached hydrogens (tertiary/aromatic N) is 3. The Morgan fingerprint density at radius 1 is 1.23 bits per heavy atom. The Bertz CT molecular complexity index is 624. The molecule has 1 unspecified atom stereocenters. The van der Waals surface area contributed by atoms with Gasteiger partial charge in [0.25, 0.3) is 5.22 Å². The molecule has 5 rings (SSSR count). The summed E-state index contributed by atoms with van der Waals surface area (Å²) in [5.74, 6) is 3.60. The zero-order valence-electron chi connectivity index (χ0n) is 16.0. The van der Waals surface area contributed by atoms with E-state index in [0.717, 1.165) is 24.2 Å². The molecule has 0 aliphatic heterocycles. The lowest BCUT2D eigenvalue weighted by molar-refractivity contribution is -0.124. The van der Waals surface area contributed by atoms with Crippen LogP contribution in [-0.4, -0.2) is 46.4 Å². The highest BCUT2D eigenvalue weighted by Crippen LogP contribution is 2.55. The fourth-order valence-electron chi connectivity index (χ4n) is 5.90. The number of carbonyl (C=O) groups excluding carboxylic acids is 1. The van der Waals surface area contributed by atoms with Crippen LogP contribution >= 0.6 is 11.8 Å². The fraction of sp³-hybridized carbons (Fsp3) is 0.842. The molecule has 0 radical (unpaired) electrons. The summed E-state index contributed by atoms with van der Waals surface area (Å²) < 4.78 is 5.76. The molecule has 1 amide bonds. The molecule has 4 aliphatic rings. The summed E-state index contributed by atoms with van der Waals surface area (Å²) in [4.78, 5) is 14.6. The minimum Gasteiger partial charge on any atom is -0.414 e. The second-order valence-electron chi connectivity index (χ2n) is 8.83. The van der Waals surface area contributed by atoms with Crippen LogP contribution in [0.25, 0.3) is 0 Å². The maximum absolute atomic E-state index is 12.6. The van der Waals surface area contributed by atoms with Crippen molar-refractivity contribution in [3.63, 3.8) is 0 Å². The number of amides is 1. The third-order valence-corrected chi connectivity index (χ3v) is 7.31. The molecular weight excluding hydrogens is 348 g/mol. The lowest BCUT2D eigenvalue weighted by Gasteiger charge is -2.56. The van der Waals surface area contributed by atoms with Crippen molar-refractivity contribution < 1.29 is 9.21 Å². The predicted molar refractivity (Wildman–Crippen MR) is 101 cm³/mol. The number of nitrogens with one attached hydrogen (secondary N) is 1. The van der Waals surface area contributed by atoms with Gasteiger partial charge in [-0.15, -0.1) is 10.2 Å². The molecule has 0 aromatic carbocycles. The molecule has 1 N–H and O–H groups in total. The van der Waals surface area contributed by atoms with Crippen molar-refractivity contribution in [1.82, 2.24) is 20.4 Å². The Kier molecular flexibility index (Phi) is 5.03. The van der Waals surface area contributed by atoms with Crippen molar-refractivity contribution >= 4 is 17.7 Å². The molecule has 4 aliphatic carbocycles. The average Bonchev–Trinajstić information content (AvgIpc) is 3.00. The van der Waals surface area contributed by atoms with E-state index in [9.17, 15) is 4.79 Å². The topological polar surface area (TPSA) is 71.3 Å². The zero-order valence-corrected chi connectivity index (χ0v) is 16.8. The van der Waals surface area contributed by atoms with Gasteiger partial charge in [0.15, 0.2) is 0 Å². The molecule has 1 atom stereocenters. The normalized spacial score (nSPS) is 33.6. The third-order valence-electron chi connectivity index (χ3n) is 6.49. The van der Waals surface area contributed by atoms with Gasteiger partial charge in [0, 0.05) is 5.54 Å². The molecule has 4 saturated carbocycles. The van der Waals surface area contributed by atoms with E-state index >= 15 is 0 Å². The molecule has 0 spiro atoms. The molecule has 144 valence electrons. The minimum absolute atomic E-state index is 0.0740. The van der Waals surface area contributed by atoms with Crippen molar-refractivity contribution in [2.24, 2.45) is 17.8 Å². The Hall–Kier alpha value is -1.08. The molecule has 0 saturated heterocycles. The fourth-order valence-corrected chi connectivity index (χ4v) is 6.47. The first-order chi connectivity index (χ1) is 12.5. The zero-order chi connectivity index (χ0) is 18.3. The third kappa shape index (κ3) is 3.65. The molecule has 1 aromatic rings. The van der Waals surface area contributed by atoms with Crippen LogP contribution in [-0.2, 0) is 4.79 Å². The second-order valence-corrected chi connectivity index (χ2v) is 9.76. The number of hydrogen-bond donors (Lipinski definition) is 1. The van der Waals surface area contributed by atoms with E-state index in [0.29, 0.717) is 16.9 Å². The lowest BCUT2D eigenvalue weighted by Crippen LogP contribution is -2.60. The largest absolute Gasteiger partial charge is 0.414 e. The van der Waals surface area contributed by atoms with Crippen molar-refractivity contribution in [2.45, 2.75) is 68.7 Å². The highest BCUT2D eigenvalue weighted by atomic mass is 32.2. The van der Waals surface area contributed by atoms with Gasteiger partial charge in [-0.25, -0.2) is 0 Å². The van der Waals surface area contributed by atoms with Crippen LogP contribution in [0.4, 0.5) is 0 Å². The van der Waals surface area contributed by atoms with Crippen LogP contribution in [0.3, 0.4) is 0 Å². The van der Waals surface area contributed by atoms with Gasteiger partial charge in [-0.2, -0.15) is 0 Å². The van der Waals surface area contributed by atoms with E-state index in [1.807, 2.05) is 14.1 Å². The highest BCUT2D eigenvalue weighted by Gasteiger charge is 2.51. The van der Waals surface area contributed by atoms with E-state index < -0.39 is 0 Å². The van der Waals surface area contributed by atoms with Crippen LogP contribution < -0.4 is 5.32 Å². The monoisotopic (exact) mass is 378 g/mol. The van der Waals surface area contributed by atoms with Crippen LogP contribution in [0.5, 0.6) is 0 Å². The van der Waals surface area contributed by atoms with E-state index in [1.165, 1.54) is 50.3 Å². The first-order valence-electron chi connectivity index (χ1n) is 9.90. The molecule has 6 nitrogen and oxygen atoms in total.